The molecule has 0 saturated heterocycles. The number of hydrogen-bond acceptors (Lipinski definition) is 6. The Labute approximate surface area is 438 Å². The maximum Gasteiger partial charge on any atom is 0.306 e. The third-order valence-corrected chi connectivity index (χ3v) is 12.3. The highest BCUT2D eigenvalue weighted by Crippen LogP contribution is 2.15. The Kier molecular flexibility index (Phi) is 55.4. The van der Waals surface area contributed by atoms with Crippen molar-refractivity contribution in [2.24, 2.45) is 0 Å². The smallest absolute Gasteiger partial charge is 0.306 e. The molecule has 0 amide bonds. The molecule has 0 saturated carbocycles. The Morgan fingerprint density at radius 2 is 0.549 bits per heavy atom. The minimum Gasteiger partial charge on any atom is -0.462 e. The molecule has 0 aliphatic carbocycles. The first kappa shape index (κ1) is 67.1. The Morgan fingerprint density at radius 3 is 0.859 bits per heavy atom. The van der Waals surface area contributed by atoms with Crippen LogP contribution in [0.2, 0.25) is 0 Å². The second-order valence-electron chi connectivity index (χ2n) is 19.1. The van der Waals surface area contributed by atoms with Crippen molar-refractivity contribution in [2.45, 2.75) is 271 Å². The summed E-state index contributed by atoms with van der Waals surface area (Å²) in [6.45, 7) is 6.32. The SMILES string of the molecule is CC/C=C\C/C=C\C/C=C\C/C=C\C/C=C\C/C=C\CCCCCCCCCCCCCCC(=O)OCC(COC(=O)CCCCCCC)OC(=O)CCCCCCCCC/C=C\C/C=C\C/C=C\CC. The topological polar surface area (TPSA) is 78.9 Å². The maximum atomic E-state index is 12.8. The van der Waals surface area contributed by atoms with E-state index in [1.165, 1.54) is 96.3 Å². The van der Waals surface area contributed by atoms with Gasteiger partial charge in [0, 0.05) is 19.3 Å². The van der Waals surface area contributed by atoms with Crippen LogP contribution in [0.5, 0.6) is 0 Å². The van der Waals surface area contributed by atoms with E-state index in [9.17, 15) is 14.4 Å². The lowest BCUT2D eigenvalue weighted by molar-refractivity contribution is -0.167. The predicted molar refractivity (Wildman–Crippen MR) is 307 cm³/mol. The van der Waals surface area contributed by atoms with Crippen LogP contribution >= 0.6 is 0 Å². The van der Waals surface area contributed by atoms with Crippen LogP contribution in [0, 0.1) is 0 Å². The zero-order chi connectivity index (χ0) is 51.4. The van der Waals surface area contributed by atoms with Gasteiger partial charge in [0.1, 0.15) is 13.2 Å². The number of carbonyl (C=O) groups excluding carboxylic acids is 3. The minimum atomic E-state index is -0.781. The van der Waals surface area contributed by atoms with E-state index in [1.54, 1.807) is 0 Å². The van der Waals surface area contributed by atoms with Gasteiger partial charge in [0.25, 0.3) is 0 Å². The zero-order valence-electron chi connectivity index (χ0n) is 46.2. The molecule has 1 unspecified atom stereocenters. The molecule has 0 aromatic carbocycles. The van der Waals surface area contributed by atoms with Crippen molar-refractivity contribution in [1.82, 2.24) is 0 Å². The highest BCUT2D eigenvalue weighted by molar-refractivity contribution is 5.71. The van der Waals surface area contributed by atoms with Crippen LogP contribution in [0.15, 0.2) is 109 Å². The number of allylic oxidation sites excluding steroid dienone is 18. The number of ether oxygens (including phenoxy) is 3. The molecule has 6 nitrogen and oxygen atoms in total. The second-order valence-corrected chi connectivity index (χ2v) is 19.1. The molecule has 0 aromatic rings. The van der Waals surface area contributed by atoms with Gasteiger partial charge in [0.05, 0.1) is 0 Å². The van der Waals surface area contributed by atoms with Crippen molar-refractivity contribution >= 4 is 17.9 Å². The lowest BCUT2D eigenvalue weighted by Gasteiger charge is -2.18. The van der Waals surface area contributed by atoms with Crippen LogP contribution < -0.4 is 0 Å². The normalized spacial score (nSPS) is 12.9. The standard InChI is InChI=1S/C65H108O6/c1-4-7-10-13-15-17-19-21-23-25-26-27-28-29-30-31-32-33-34-35-36-37-38-40-41-43-45-47-49-52-55-58-64(67)70-61-62(60-69-63(66)57-54-51-12-9-6-3)71-65(68)59-56-53-50-48-46-44-42-39-24-22-20-18-16-14-11-8-5-2/h7-8,10-11,15-18,21-24,26-27,29-30,32-33,62H,4-6,9,12-14,19-20,25,28,31,34-61H2,1-3H3/b10-7-,11-8-,17-15-,18-16-,23-21-,24-22-,27-26-,30-29-,33-32-. The van der Waals surface area contributed by atoms with Crippen LogP contribution in [-0.2, 0) is 28.6 Å². The van der Waals surface area contributed by atoms with E-state index < -0.39 is 6.10 Å². The van der Waals surface area contributed by atoms with Gasteiger partial charge in [0.2, 0.25) is 0 Å². The molecular weight excluding hydrogens is 877 g/mol. The molecule has 0 spiro atoms. The summed E-state index contributed by atoms with van der Waals surface area (Å²) < 4.78 is 16.7. The summed E-state index contributed by atoms with van der Waals surface area (Å²) in [6, 6.07) is 0. The fourth-order valence-electron chi connectivity index (χ4n) is 7.93. The summed E-state index contributed by atoms with van der Waals surface area (Å²) in [4.78, 5) is 37.8. The van der Waals surface area contributed by atoms with Crippen molar-refractivity contribution in [3.05, 3.63) is 109 Å². The van der Waals surface area contributed by atoms with E-state index in [0.29, 0.717) is 19.3 Å². The predicted octanol–water partition coefficient (Wildman–Crippen LogP) is 19.9. The van der Waals surface area contributed by atoms with E-state index in [-0.39, 0.29) is 31.1 Å². The Morgan fingerprint density at radius 1 is 0.296 bits per heavy atom. The average Bonchev–Trinajstić information content (AvgIpc) is 3.37. The quantitative estimate of drug-likeness (QED) is 0.0261. The molecule has 1 atom stereocenters. The van der Waals surface area contributed by atoms with Crippen molar-refractivity contribution in [3.8, 4) is 0 Å². The molecule has 0 heterocycles. The summed E-state index contributed by atoms with van der Waals surface area (Å²) in [5.74, 6) is -0.908. The van der Waals surface area contributed by atoms with Gasteiger partial charge >= 0.3 is 17.9 Å². The van der Waals surface area contributed by atoms with Gasteiger partial charge in [-0.15, -0.1) is 0 Å². The number of carbonyl (C=O) groups is 3. The molecule has 0 fully saturated rings. The van der Waals surface area contributed by atoms with E-state index in [1.807, 2.05) is 0 Å². The maximum absolute atomic E-state index is 12.8. The Balaban J connectivity index is 4.05. The van der Waals surface area contributed by atoms with Crippen LogP contribution in [0.4, 0.5) is 0 Å². The van der Waals surface area contributed by atoms with Crippen molar-refractivity contribution in [1.29, 1.82) is 0 Å². The third-order valence-electron chi connectivity index (χ3n) is 12.3. The molecule has 0 aromatic heterocycles. The Hall–Kier alpha value is -3.93. The van der Waals surface area contributed by atoms with E-state index in [4.69, 9.17) is 14.2 Å². The lowest BCUT2D eigenvalue weighted by Crippen LogP contribution is -2.30. The van der Waals surface area contributed by atoms with Gasteiger partial charge in [-0.2, -0.15) is 0 Å². The largest absolute Gasteiger partial charge is 0.462 e. The Bertz CT molecular complexity index is 1460. The highest BCUT2D eigenvalue weighted by Gasteiger charge is 2.19. The average molecular weight is 986 g/mol. The van der Waals surface area contributed by atoms with Crippen LogP contribution in [0.25, 0.3) is 0 Å². The summed E-state index contributed by atoms with van der Waals surface area (Å²) in [5.41, 5.74) is 0. The number of esters is 3. The van der Waals surface area contributed by atoms with Crippen LogP contribution in [0.3, 0.4) is 0 Å². The molecule has 0 aliphatic rings. The first-order chi connectivity index (χ1) is 35.0. The molecule has 404 valence electrons. The van der Waals surface area contributed by atoms with Gasteiger partial charge < -0.3 is 14.2 Å². The van der Waals surface area contributed by atoms with Gasteiger partial charge in [0.15, 0.2) is 6.10 Å². The fraction of sp³-hybridized carbons (Fsp3) is 0.677. The summed E-state index contributed by atoms with van der Waals surface area (Å²) >= 11 is 0. The minimum absolute atomic E-state index is 0.0829. The molecule has 0 bridgehead atoms. The summed E-state index contributed by atoms with van der Waals surface area (Å²) in [7, 11) is 0. The molecule has 71 heavy (non-hydrogen) atoms. The molecule has 6 heteroatoms. The highest BCUT2D eigenvalue weighted by atomic mass is 16.6. The van der Waals surface area contributed by atoms with Crippen LogP contribution in [0.1, 0.15) is 265 Å². The van der Waals surface area contributed by atoms with Crippen molar-refractivity contribution in [2.75, 3.05) is 13.2 Å². The van der Waals surface area contributed by atoms with Gasteiger partial charge in [-0.1, -0.05) is 252 Å². The van der Waals surface area contributed by atoms with E-state index in [0.717, 1.165) is 128 Å². The van der Waals surface area contributed by atoms with E-state index >= 15 is 0 Å². The molecule has 0 radical (unpaired) electrons. The summed E-state index contributed by atoms with van der Waals surface area (Å²) in [6.07, 6.45) is 79.9. The number of unbranched alkanes of at least 4 members (excludes halogenated alkanes) is 23. The number of rotatable bonds is 52. The van der Waals surface area contributed by atoms with Gasteiger partial charge in [-0.05, 0) is 103 Å². The first-order valence-electron chi connectivity index (χ1n) is 29.4. The second kappa shape index (κ2) is 58.6. The molecule has 0 rings (SSSR count). The van der Waals surface area contributed by atoms with Gasteiger partial charge in [-0.3, -0.25) is 14.4 Å². The first-order valence-corrected chi connectivity index (χ1v) is 29.4. The van der Waals surface area contributed by atoms with Crippen molar-refractivity contribution < 1.29 is 28.6 Å². The summed E-state index contributed by atoms with van der Waals surface area (Å²) in [5, 5.41) is 0. The molecule has 0 aliphatic heterocycles. The monoisotopic (exact) mass is 985 g/mol. The van der Waals surface area contributed by atoms with Crippen LogP contribution in [-0.4, -0.2) is 37.2 Å². The third kappa shape index (κ3) is 56.9. The molecular formula is C65H108O6. The molecule has 0 N–H and O–H groups in total. The van der Waals surface area contributed by atoms with E-state index in [2.05, 4.69) is 130 Å². The number of hydrogen-bond donors (Lipinski definition) is 0. The fourth-order valence-corrected chi connectivity index (χ4v) is 7.93. The van der Waals surface area contributed by atoms with Crippen molar-refractivity contribution in [3.63, 3.8) is 0 Å². The lowest BCUT2D eigenvalue weighted by atomic mass is 10.0. The zero-order valence-corrected chi connectivity index (χ0v) is 46.2. The van der Waals surface area contributed by atoms with Gasteiger partial charge in [-0.25, -0.2) is 0 Å².